The van der Waals surface area contributed by atoms with E-state index in [1.807, 2.05) is 0 Å². The maximum absolute atomic E-state index is 5.76. The summed E-state index contributed by atoms with van der Waals surface area (Å²) in [5.41, 5.74) is 0. The van der Waals surface area contributed by atoms with Crippen LogP contribution in [0.4, 0.5) is 0 Å². The molecule has 0 aromatic carbocycles. The standard InChI is InChI=1S/C12H18O2/c1-3-7-11(13-9-5-1)12-8-4-2-6-10-14-12/h1-2,5-6,11-12H,3-4,7-10H2/t11-,12-/m1/s1. The monoisotopic (exact) mass is 194 g/mol. The Labute approximate surface area is 85.6 Å². The van der Waals surface area contributed by atoms with Gasteiger partial charge < -0.3 is 9.47 Å². The summed E-state index contributed by atoms with van der Waals surface area (Å²) in [5.74, 6) is 0. The van der Waals surface area contributed by atoms with Gasteiger partial charge in [-0.3, -0.25) is 0 Å². The van der Waals surface area contributed by atoms with Crippen LogP contribution in [0.1, 0.15) is 25.7 Å². The Kier molecular flexibility index (Phi) is 3.78. The van der Waals surface area contributed by atoms with E-state index in [9.17, 15) is 0 Å². The fourth-order valence-corrected chi connectivity index (χ4v) is 2.00. The number of hydrogen-bond acceptors (Lipinski definition) is 2. The summed E-state index contributed by atoms with van der Waals surface area (Å²) in [6, 6.07) is 0. The highest BCUT2D eigenvalue weighted by Gasteiger charge is 2.23. The highest BCUT2D eigenvalue weighted by Crippen LogP contribution is 2.20. The van der Waals surface area contributed by atoms with E-state index < -0.39 is 0 Å². The van der Waals surface area contributed by atoms with Crippen LogP contribution < -0.4 is 0 Å². The van der Waals surface area contributed by atoms with E-state index in [4.69, 9.17) is 9.47 Å². The molecule has 0 fully saturated rings. The number of allylic oxidation sites excluding steroid dienone is 2. The molecule has 78 valence electrons. The minimum absolute atomic E-state index is 0.296. The predicted octanol–water partition coefficient (Wildman–Crippen LogP) is 2.46. The molecule has 2 aliphatic rings. The highest BCUT2D eigenvalue weighted by atomic mass is 16.5. The van der Waals surface area contributed by atoms with Gasteiger partial charge in [-0.1, -0.05) is 24.3 Å². The Morgan fingerprint density at radius 1 is 0.714 bits per heavy atom. The largest absolute Gasteiger partial charge is 0.371 e. The predicted molar refractivity (Wildman–Crippen MR) is 56.2 cm³/mol. The van der Waals surface area contributed by atoms with Gasteiger partial charge in [0.1, 0.15) is 0 Å². The van der Waals surface area contributed by atoms with Crippen molar-refractivity contribution in [2.24, 2.45) is 0 Å². The summed E-state index contributed by atoms with van der Waals surface area (Å²) < 4.78 is 11.5. The van der Waals surface area contributed by atoms with Crippen LogP contribution in [0.2, 0.25) is 0 Å². The summed E-state index contributed by atoms with van der Waals surface area (Å²) in [4.78, 5) is 0. The smallest absolute Gasteiger partial charge is 0.0844 e. The molecule has 2 aliphatic heterocycles. The van der Waals surface area contributed by atoms with Gasteiger partial charge in [-0.2, -0.15) is 0 Å². The molecule has 0 spiro atoms. The molecular formula is C12H18O2. The minimum Gasteiger partial charge on any atom is -0.371 e. The first-order valence-electron chi connectivity index (χ1n) is 5.50. The topological polar surface area (TPSA) is 18.5 Å². The molecule has 2 nitrogen and oxygen atoms in total. The quantitative estimate of drug-likeness (QED) is 0.597. The van der Waals surface area contributed by atoms with Crippen molar-refractivity contribution in [1.29, 1.82) is 0 Å². The molecule has 0 amide bonds. The lowest BCUT2D eigenvalue weighted by Gasteiger charge is -2.24. The maximum atomic E-state index is 5.76. The van der Waals surface area contributed by atoms with Crippen LogP contribution in [0.5, 0.6) is 0 Å². The van der Waals surface area contributed by atoms with Crippen molar-refractivity contribution in [3.8, 4) is 0 Å². The Morgan fingerprint density at radius 2 is 1.21 bits per heavy atom. The molecule has 0 saturated carbocycles. The van der Waals surface area contributed by atoms with Crippen molar-refractivity contribution >= 4 is 0 Å². The second kappa shape index (κ2) is 5.32. The second-order valence-corrected chi connectivity index (χ2v) is 3.84. The van der Waals surface area contributed by atoms with Gasteiger partial charge in [0, 0.05) is 0 Å². The Bertz CT molecular complexity index is 176. The molecule has 0 N–H and O–H groups in total. The zero-order valence-corrected chi connectivity index (χ0v) is 8.52. The molecule has 2 atom stereocenters. The van der Waals surface area contributed by atoms with Crippen LogP contribution in [0.25, 0.3) is 0 Å². The van der Waals surface area contributed by atoms with Crippen LogP contribution in [0, 0.1) is 0 Å². The molecule has 0 bridgehead atoms. The molecule has 0 radical (unpaired) electrons. The molecular weight excluding hydrogens is 176 g/mol. The Balaban J connectivity index is 1.86. The third-order valence-electron chi connectivity index (χ3n) is 2.80. The average Bonchev–Trinajstić information content (AvgIpc) is 2.62. The van der Waals surface area contributed by atoms with Crippen molar-refractivity contribution in [2.75, 3.05) is 13.2 Å². The van der Waals surface area contributed by atoms with E-state index in [2.05, 4.69) is 24.3 Å². The Hall–Kier alpha value is -0.600. The minimum atomic E-state index is 0.296. The molecule has 0 aromatic rings. The lowest BCUT2D eigenvalue weighted by molar-refractivity contribution is -0.0603. The van der Waals surface area contributed by atoms with Crippen LogP contribution in [0.15, 0.2) is 24.3 Å². The van der Waals surface area contributed by atoms with Gasteiger partial charge in [0.2, 0.25) is 0 Å². The zero-order chi connectivity index (χ0) is 9.64. The summed E-state index contributed by atoms with van der Waals surface area (Å²) >= 11 is 0. The van der Waals surface area contributed by atoms with E-state index in [1.54, 1.807) is 0 Å². The van der Waals surface area contributed by atoms with Crippen molar-refractivity contribution < 1.29 is 9.47 Å². The summed E-state index contributed by atoms with van der Waals surface area (Å²) in [6.45, 7) is 1.50. The molecule has 0 aromatic heterocycles. The molecule has 2 rings (SSSR count). The molecule has 0 aliphatic carbocycles. The van der Waals surface area contributed by atoms with Gasteiger partial charge in [0.05, 0.1) is 25.4 Å². The summed E-state index contributed by atoms with van der Waals surface area (Å²) in [5, 5.41) is 0. The Morgan fingerprint density at radius 3 is 1.71 bits per heavy atom. The van der Waals surface area contributed by atoms with E-state index in [0.29, 0.717) is 12.2 Å². The normalized spacial score (nSPS) is 33.7. The third-order valence-corrected chi connectivity index (χ3v) is 2.80. The molecule has 0 unspecified atom stereocenters. The highest BCUT2D eigenvalue weighted by molar-refractivity contribution is 4.91. The molecule has 0 saturated heterocycles. The summed E-state index contributed by atoms with van der Waals surface area (Å²) in [7, 11) is 0. The lowest BCUT2D eigenvalue weighted by atomic mass is 10.0. The van der Waals surface area contributed by atoms with Gasteiger partial charge in [-0.15, -0.1) is 0 Å². The fraction of sp³-hybridized carbons (Fsp3) is 0.667. The fourth-order valence-electron chi connectivity index (χ4n) is 2.00. The first-order valence-corrected chi connectivity index (χ1v) is 5.50. The molecule has 14 heavy (non-hydrogen) atoms. The number of rotatable bonds is 1. The van der Waals surface area contributed by atoms with E-state index in [0.717, 1.165) is 38.9 Å². The van der Waals surface area contributed by atoms with Gasteiger partial charge in [-0.05, 0) is 25.7 Å². The van der Waals surface area contributed by atoms with Crippen molar-refractivity contribution in [1.82, 2.24) is 0 Å². The SMILES string of the molecule is C1=CCO[C@@H]([C@H]2CCC=CCO2)CC1. The first kappa shape index (κ1) is 9.94. The van der Waals surface area contributed by atoms with E-state index in [1.165, 1.54) is 0 Å². The van der Waals surface area contributed by atoms with Crippen molar-refractivity contribution in [2.45, 2.75) is 37.9 Å². The van der Waals surface area contributed by atoms with Crippen molar-refractivity contribution in [3.05, 3.63) is 24.3 Å². The van der Waals surface area contributed by atoms with Crippen LogP contribution in [-0.2, 0) is 9.47 Å². The van der Waals surface area contributed by atoms with Crippen LogP contribution in [0.3, 0.4) is 0 Å². The number of ether oxygens (including phenoxy) is 2. The third kappa shape index (κ3) is 2.69. The first-order chi connectivity index (χ1) is 6.97. The van der Waals surface area contributed by atoms with Gasteiger partial charge >= 0.3 is 0 Å². The van der Waals surface area contributed by atoms with Gasteiger partial charge in [-0.25, -0.2) is 0 Å². The van der Waals surface area contributed by atoms with Gasteiger partial charge in [0.15, 0.2) is 0 Å². The van der Waals surface area contributed by atoms with Crippen LogP contribution in [-0.4, -0.2) is 25.4 Å². The average molecular weight is 194 g/mol. The summed E-state index contributed by atoms with van der Waals surface area (Å²) in [6.07, 6.45) is 13.7. The van der Waals surface area contributed by atoms with Gasteiger partial charge in [0.25, 0.3) is 0 Å². The maximum Gasteiger partial charge on any atom is 0.0844 e. The van der Waals surface area contributed by atoms with Crippen molar-refractivity contribution in [3.63, 3.8) is 0 Å². The molecule has 2 heterocycles. The second-order valence-electron chi connectivity index (χ2n) is 3.84. The zero-order valence-electron chi connectivity index (χ0n) is 8.52. The van der Waals surface area contributed by atoms with E-state index in [-0.39, 0.29) is 0 Å². The van der Waals surface area contributed by atoms with E-state index >= 15 is 0 Å². The number of hydrogen-bond donors (Lipinski definition) is 0. The van der Waals surface area contributed by atoms with Crippen LogP contribution >= 0.6 is 0 Å². The lowest BCUT2D eigenvalue weighted by Crippen LogP contribution is -2.31. The molecule has 2 heteroatoms.